The van der Waals surface area contributed by atoms with Gasteiger partial charge in [0, 0.05) is 19.2 Å². The molecule has 0 spiro atoms. The Morgan fingerprint density at radius 1 is 1.21 bits per heavy atom. The van der Waals surface area contributed by atoms with Gasteiger partial charge in [0.1, 0.15) is 17.3 Å². The SMILES string of the molecule is COc1ccccc1-c1nc(CC(=O)NCCc2ncc3ccccn23)c(C)o1. The number of ether oxygens (including phenoxy) is 1. The van der Waals surface area contributed by atoms with Crippen molar-refractivity contribution in [2.24, 2.45) is 0 Å². The number of carbonyl (C=O) groups is 1. The summed E-state index contributed by atoms with van der Waals surface area (Å²) in [7, 11) is 1.60. The normalized spacial score (nSPS) is 11.0. The third-order valence-electron chi connectivity index (χ3n) is 4.74. The van der Waals surface area contributed by atoms with Crippen molar-refractivity contribution in [2.75, 3.05) is 13.7 Å². The lowest BCUT2D eigenvalue weighted by atomic mass is 10.2. The highest BCUT2D eigenvalue weighted by Crippen LogP contribution is 2.30. The number of aromatic nitrogens is 3. The van der Waals surface area contributed by atoms with Gasteiger partial charge in [-0.2, -0.15) is 0 Å². The van der Waals surface area contributed by atoms with E-state index in [1.54, 1.807) is 7.11 Å². The Morgan fingerprint density at radius 2 is 2.03 bits per heavy atom. The van der Waals surface area contributed by atoms with Gasteiger partial charge in [0.25, 0.3) is 0 Å². The van der Waals surface area contributed by atoms with Crippen molar-refractivity contribution in [3.05, 3.63) is 72.1 Å². The molecule has 1 aromatic carbocycles. The quantitative estimate of drug-likeness (QED) is 0.524. The summed E-state index contributed by atoms with van der Waals surface area (Å²) in [6, 6.07) is 13.4. The fraction of sp³-hybridized carbons (Fsp3) is 0.227. The molecule has 7 heteroatoms. The Balaban J connectivity index is 1.38. The number of rotatable bonds is 7. The number of nitrogens with one attached hydrogen (secondary N) is 1. The smallest absolute Gasteiger partial charge is 0.230 e. The molecule has 7 nitrogen and oxygen atoms in total. The van der Waals surface area contributed by atoms with Crippen molar-refractivity contribution in [3.63, 3.8) is 0 Å². The van der Waals surface area contributed by atoms with Gasteiger partial charge < -0.3 is 18.9 Å². The first-order chi connectivity index (χ1) is 14.2. The molecular weight excluding hydrogens is 368 g/mol. The first kappa shape index (κ1) is 18.7. The number of hydrogen-bond acceptors (Lipinski definition) is 5. The zero-order valence-electron chi connectivity index (χ0n) is 16.4. The first-order valence-electron chi connectivity index (χ1n) is 9.43. The van der Waals surface area contributed by atoms with Crippen LogP contribution >= 0.6 is 0 Å². The van der Waals surface area contributed by atoms with E-state index in [1.165, 1.54) is 0 Å². The number of pyridine rings is 1. The van der Waals surface area contributed by atoms with Crippen LogP contribution in [0, 0.1) is 6.92 Å². The summed E-state index contributed by atoms with van der Waals surface area (Å²) in [6.45, 7) is 2.31. The minimum absolute atomic E-state index is 0.103. The van der Waals surface area contributed by atoms with Crippen LogP contribution in [0.2, 0.25) is 0 Å². The van der Waals surface area contributed by atoms with E-state index in [-0.39, 0.29) is 12.3 Å². The highest BCUT2D eigenvalue weighted by atomic mass is 16.5. The van der Waals surface area contributed by atoms with E-state index in [4.69, 9.17) is 9.15 Å². The summed E-state index contributed by atoms with van der Waals surface area (Å²) in [5, 5.41) is 2.93. The Labute approximate surface area is 168 Å². The van der Waals surface area contributed by atoms with Crippen molar-refractivity contribution in [2.45, 2.75) is 19.8 Å². The number of benzene rings is 1. The van der Waals surface area contributed by atoms with Crippen LogP contribution in [-0.4, -0.2) is 33.9 Å². The van der Waals surface area contributed by atoms with E-state index in [2.05, 4.69) is 15.3 Å². The number of fused-ring (bicyclic) bond motifs is 1. The predicted octanol–water partition coefficient (Wildman–Crippen LogP) is 3.21. The molecule has 1 N–H and O–H groups in total. The van der Waals surface area contributed by atoms with Crippen LogP contribution in [-0.2, 0) is 17.6 Å². The van der Waals surface area contributed by atoms with Gasteiger partial charge in [0.15, 0.2) is 0 Å². The molecule has 3 heterocycles. The highest BCUT2D eigenvalue weighted by molar-refractivity contribution is 5.78. The molecule has 148 valence electrons. The second-order valence-electron chi connectivity index (χ2n) is 6.67. The number of nitrogens with zero attached hydrogens (tertiary/aromatic N) is 3. The number of imidazole rings is 1. The van der Waals surface area contributed by atoms with Gasteiger partial charge >= 0.3 is 0 Å². The predicted molar refractivity (Wildman–Crippen MR) is 109 cm³/mol. The van der Waals surface area contributed by atoms with Crippen LogP contribution in [0.25, 0.3) is 17.0 Å². The zero-order chi connectivity index (χ0) is 20.2. The van der Waals surface area contributed by atoms with E-state index in [0.717, 1.165) is 16.9 Å². The molecule has 0 aliphatic rings. The minimum atomic E-state index is -0.103. The number of carbonyl (C=O) groups excluding carboxylic acids is 1. The van der Waals surface area contributed by atoms with E-state index in [1.807, 2.05) is 66.2 Å². The fourth-order valence-corrected chi connectivity index (χ4v) is 3.24. The van der Waals surface area contributed by atoms with Gasteiger partial charge in [-0.3, -0.25) is 4.79 Å². The fourth-order valence-electron chi connectivity index (χ4n) is 3.24. The molecule has 0 bridgehead atoms. The number of para-hydroxylation sites is 1. The summed E-state index contributed by atoms with van der Waals surface area (Å²) in [5.41, 5.74) is 2.42. The van der Waals surface area contributed by atoms with Crippen molar-refractivity contribution < 1.29 is 13.9 Å². The van der Waals surface area contributed by atoms with Gasteiger partial charge in [-0.1, -0.05) is 18.2 Å². The number of amides is 1. The number of methoxy groups -OCH3 is 1. The molecular formula is C22H22N4O3. The monoisotopic (exact) mass is 390 g/mol. The van der Waals surface area contributed by atoms with Crippen LogP contribution < -0.4 is 10.1 Å². The molecule has 4 rings (SSSR count). The van der Waals surface area contributed by atoms with E-state index < -0.39 is 0 Å². The molecule has 4 aromatic rings. The number of aryl methyl sites for hydroxylation is 1. The Morgan fingerprint density at radius 3 is 2.90 bits per heavy atom. The molecule has 0 fully saturated rings. The van der Waals surface area contributed by atoms with Gasteiger partial charge in [0.05, 0.1) is 36.5 Å². The van der Waals surface area contributed by atoms with Crippen molar-refractivity contribution in [1.29, 1.82) is 0 Å². The topological polar surface area (TPSA) is 81.7 Å². The Bertz CT molecular complexity index is 1150. The molecule has 0 unspecified atom stereocenters. The lowest BCUT2D eigenvalue weighted by Gasteiger charge is -2.04. The standard InChI is InChI=1S/C22H22N4O3/c1-15-18(25-22(29-15)17-8-3-4-9-19(17)28-2)13-21(27)23-11-10-20-24-14-16-7-5-6-12-26(16)20/h3-9,12,14H,10-11,13H2,1-2H3,(H,23,27). The summed E-state index contributed by atoms with van der Waals surface area (Å²) < 4.78 is 13.2. The van der Waals surface area contributed by atoms with E-state index in [0.29, 0.717) is 36.1 Å². The third kappa shape index (κ3) is 3.99. The van der Waals surface area contributed by atoms with Gasteiger partial charge in [0.2, 0.25) is 11.8 Å². The van der Waals surface area contributed by atoms with E-state index >= 15 is 0 Å². The maximum absolute atomic E-state index is 12.4. The Kier molecular flexibility index (Phi) is 5.29. The molecule has 0 aliphatic heterocycles. The molecule has 0 atom stereocenters. The molecule has 3 aromatic heterocycles. The van der Waals surface area contributed by atoms with Crippen LogP contribution in [0.15, 0.2) is 59.3 Å². The lowest BCUT2D eigenvalue weighted by Crippen LogP contribution is -2.28. The van der Waals surface area contributed by atoms with Gasteiger partial charge in [-0.05, 0) is 31.2 Å². The second kappa shape index (κ2) is 8.18. The van der Waals surface area contributed by atoms with Crippen molar-refractivity contribution in [3.8, 4) is 17.2 Å². The second-order valence-corrected chi connectivity index (χ2v) is 6.67. The average Bonchev–Trinajstić information content (AvgIpc) is 3.32. The van der Waals surface area contributed by atoms with E-state index in [9.17, 15) is 4.79 Å². The maximum atomic E-state index is 12.4. The molecule has 0 saturated heterocycles. The molecule has 0 saturated carbocycles. The zero-order valence-corrected chi connectivity index (χ0v) is 16.4. The largest absolute Gasteiger partial charge is 0.496 e. The molecule has 29 heavy (non-hydrogen) atoms. The number of oxazole rings is 1. The van der Waals surface area contributed by atoms with Crippen LogP contribution in [0.3, 0.4) is 0 Å². The molecule has 0 radical (unpaired) electrons. The Hall–Kier alpha value is -3.61. The highest BCUT2D eigenvalue weighted by Gasteiger charge is 2.17. The summed E-state index contributed by atoms with van der Waals surface area (Å²) >= 11 is 0. The maximum Gasteiger partial charge on any atom is 0.230 e. The summed E-state index contributed by atoms with van der Waals surface area (Å²) in [4.78, 5) is 21.3. The van der Waals surface area contributed by atoms with Crippen LogP contribution in [0.1, 0.15) is 17.3 Å². The van der Waals surface area contributed by atoms with Gasteiger partial charge in [-0.25, -0.2) is 9.97 Å². The molecule has 1 amide bonds. The first-order valence-corrected chi connectivity index (χ1v) is 9.43. The van der Waals surface area contributed by atoms with Crippen LogP contribution in [0.5, 0.6) is 5.75 Å². The lowest BCUT2D eigenvalue weighted by molar-refractivity contribution is -0.120. The average molecular weight is 390 g/mol. The van der Waals surface area contributed by atoms with Crippen molar-refractivity contribution in [1.82, 2.24) is 19.7 Å². The minimum Gasteiger partial charge on any atom is -0.496 e. The summed E-state index contributed by atoms with van der Waals surface area (Å²) in [6.07, 6.45) is 4.61. The molecule has 0 aliphatic carbocycles. The van der Waals surface area contributed by atoms with Crippen LogP contribution in [0.4, 0.5) is 0 Å². The third-order valence-corrected chi connectivity index (χ3v) is 4.74. The van der Waals surface area contributed by atoms with Crippen molar-refractivity contribution >= 4 is 11.4 Å². The summed E-state index contributed by atoms with van der Waals surface area (Å²) in [5.74, 6) is 2.56. The number of hydrogen-bond donors (Lipinski definition) is 1. The van der Waals surface area contributed by atoms with Gasteiger partial charge in [-0.15, -0.1) is 0 Å².